The van der Waals surface area contributed by atoms with E-state index in [9.17, 15) is 4.79 Å². The highest BCUT2D eigenvalue weighted by Crippen LogP contribution is 2.31. The first-order valence-electron chi connectivity index (χ1n) is 5.43. The van der Waals surface area contributed by atoms with E-state index in [1.165, 1.54) is 22.0 Å². The van der Waals surface area contributed by atoms with Crippen LogP contribution in [-0.2, 0) is 11.2 Å². The van der Waals surface area contributed by atoms with Crippen LogP contribution in [0.15, 0.2) is 22.5 Å². The number of hydrogen-bond acceptors (Lipinski definition) is 4. The second-order valence-corrected chi connectivity index (χ2v) is 5.96. The molecule has 0 aliphatic carbocycles. The summed E-state index contributed by atoms with van der Waals surface area (Å²) in [4.78, 5) is 15.0. The van der Waals surface area contributed by atoms with Crippen molar-refractivity contribution in [2.45, 2.75) is 24.1 Å². The summed E-state index contributed by atoms with van der Waals surface area (Å²) in [6, 6.07) is 6.20. The number of nitrogens with zero attached hydrogens (tertiary/aromatic N) is 1. The van der Waals surface area contributed by atoms with Crippen LogP contribution in [0.2, 0.25) is 0 Å². The van der Waals surface area contributed by atoms with Gasteiger partial charge >= 0.3 is 5.97 Å². The van der Waals surface area contributed by atoms with E-state index in [2.05, 4.69) is 24.0 Å². The highest BCUT2D eigenvalue weighted by Gasteiger charge is 2.08. The van der Waals surface area contributed by atoms with Crippen molar-refractivity contribution < 1.29 is 9.90 Å². The van der Waals surface area contributed by atoms with Gasteiger partial charge in [-0.05, 0) is 18.1 Å². The number of carboxylic acid groups (broad SMARTS) is 1. The van der Waals surface area contributed by atoms with Crippen LogP contribution in [0, 0.1) is 0 Å². The molecule has 0 radical (unpaired) electrons. The number of fused-ring (bicyclic) bond motifs is 1. The van der Waals surface area contributed by atoms with E-state index < -0.39 is 5.97 Å². The van der Waals surface area contributed by atoms with E-state index in [0.29, 0.717) is 5.75 Å². The zero-order valence-corrected chi connectivity index (χ0v) is 11.1. The second-order valence-electron chi connectivity index (χ2n) is 3.59. The molecular formula is C12H13NO2S2. The lowest BCUT2D eigenvalue weighted by molar-refractivity contribution is -0.136. The van der Waals surface area contributed by atoms with Crippen LogP contribution in [0.5, 0.6) is 0 Å². The lowest BCUT2D eigenvalue weighted by Crippen LogP contribution is -1.95. The molecule has 0 spiro atoms. The van der Waals surface area contributed by atoms with Crippen molar-refractivity contribution in [2.24, 2.45) is 0 Å². The maximum absolute atomic E-state index is 10.4. The van der Waals surface area contributed by atoms with Gasteiger partial charge in [-0.1, -0.05) is 30.8 Å². The first-order chi connectivity index (χ1) is 8.20. The molecule has 0 saturated carbocycles. The Labute approximate surface area is 108 Å². The molecule has 1 aromatic carbocycles. The molecule has 1 aromatic heterocycles. The topological polar surface area (TPSA) is 50.2 Å². The van der Waals surface area contributed by atoms with Gasteiger partial charge < -0.3 is 5.11 Å². The minimum absolute atomic E-state index is 0.182. The maximum Gasteiger partial charge on any atom is 0.304 e. The Morgan fingerprint density at radius 3 is 3.06 bits per heavy atom. The zero-order valence-electron chi connectivity index (χ0n) is 9.47. The van der Waals surface area contributed by atoms with E-state index in [0.717, 1.165) is 16.3 Å². The minimum atomic E-state index is -0.757. The third-order valence-corrected chi connectivity index (χ3v) is 4.57. The molecule has 90 valence electrons. The van der Waals surface area contributed by atoms with Crippen molar-refractivity contribution in [3.8, 4) is 0 Å². The van der Waals surface area contributed by atoms with Gasteiger partial charge in [0, 0.05) is 5.75 Å². The number of carbonyl (C=O) groups is 1. The molecule has 17 heavy (non-hydrogen) atoms. The molecule has 1 heterocycles. The minimum Gasteiger partial charge on any atom is -0.481 e. The Morgan fingerprint density at radius 1 is 1.53 bits per heavy atom. The first kappa shape index (κ1) is 12.4. The van der Waals surface area contributed by atoms with Crippen molar-refractivity contribution in [1.82, 2.24) is 4.98 Å². The summed E-state index contributed by atoms with van der Waals surface area (Å²) < 4.78 is 2.14. The first-order valence-corrected chi connectivity index (χ1v) is 7.24. The van der Waals surface area contributed by atoms with Gasteiger partial charge in [-0.2, -0.15) is 0 Å². The number of benzene rings is 1. The predicted molar refractivity (Wildman–Crippen MR) is 72.0 cm³/mol. The van der Waals surface area contributed by atoms with E-state index in [1.54, 1.807) is 11.3 Å². The Bertz CT molecular complexity index is 536. The van der Waals surface area contributed by atoms with Crippen molar-refractivity contribution in [3.63, 3.8) is 0 Å². The number of carboxylic acids is 1. The van der Waals surface area contributed by atoms with Crippen LogP contribution >= 0.6 is 23.1 Å². The summed E-state index contributed by atoms with van der Waals surface area (Å²) in [5.41, 5.74) is 2.32. The van der Waals surface area contributed by atoms with Gasteiger partial charge in [-0.15, -0.1) is 11.3 Å². The standard InChI is InChI=1S/C12H13NO2S2/c1-2-8-4-3-5-9-11(8)13-12(17-9)16-7-6-10(14)15/h3-5H,2,6-7H2,1H3,(H,14,15). The van der Waals surface area contributed by atoms with Gasteiger partial charge in [0.2, 0.25) is 0 Å². The summed E-state index contributed by atoms with van der Waals surface area (Å²) >= 11 is 3.16. The lowest BCUT2D eigenvalue weighted by Gasteiger charge is -1.95. The fourth-order valence-corrected chi connectivity index (χ4v) is 3.67. The molecule has 0 bridgehead atoms. The molecule has 0 fully saturated rings. The summed E-state index contributed by atoms with van der Waals surface area (Å²) in [7, 11) is 0. The number of hydrogen-bond donors (Lipinski definition) is 1. The van der Waals surface area contributed by atoms with Gasteiger partial charge in [0.1, 0.15) is 0 Å². The fraction of sp³-hybridized carbons (Fsp3) is 0.333. The highest BCUT2D eigenvalue weighted by molar-refractivity contribution is 8.01. The van der Waals surface area contributed by atoms with E-state index in [1.807, 2.05) is 6.07 Å². The molecular weight excluding hydrogens is 254 g/mol. The van der Waals surface area contributed by atoms with Crippen LogP contribution < -0.4 is 0 Å². The number of aliphatic carboxylic acids is 1. The van der Waals surface area contributed by atoms with E-state index >= 15 is 0 Å². The summed E-state index contributed by atoms with van der Waals surface area (Å²) in [5, 5.41) is 8.58. The number of para-hydroxylation sites is 1. The third-order valence-electron chi connectivity index (χ3n) is 2.41. The third kappa shape index (κ3) is 2.98. The highest BCUT2D eigenvalue weighted by atomic mass is 32.2. The quantitative estimate of drug-likeness (QED) is 0.843. The van der Waals surface area contributed by atoms with Crippen LogP contribution in [0.3, 0.4) is 0 Å². The van der Waals surface area contributed by atoms with E-state index in [4.69, 9.17) is 5.11 Å². The largest absolute Gasteiger partial charge is 0.481 e. The Morgan fingerprint density at radius 2 is 2.35 bits per heavy atom. The predicted octanol–water partition coefficient (Wildman–Crippen LogP) is 3.43. The van der Waals surface area contributed by atoms with Gasteiger partial charge in [0.25, 0.3) is 0 Å². The molecule has 0 unspecified atom stereocenters. The number of aryl methyl sites for hydroxylation is 1. The monoisotopic (exact) mass is 267 g/mol. The Balaban J connectivity index is 2.17. The maximum atomic E-state index is 10.4. The van der Waals surface area contributed by atoms with Crippen molar-refractivity contribution >= 4 is 39.3 Å². The lowest BCUT2D eigenvalue weighted by atomic mass is 10.1. The summed E-state index contributed by atoms with van der Waals surface area (Å²) in [5.74, 6) is -0.177. The van der Waals surface area contributed by atoms with Crippen molar-refractivity contribution in [3.05, 3.63) is 23.8 Å². The van der Waals surface area contributed by atoms with Crippen LogP contribution in [0.25, 0.3) is 10.2 Å². The van der Waals surface area contributed by atoms with Gasteiger partial charge in [0.05, 0.1) is 16.6 Å². The normalized spacial score (nSPS) is 10.9. The van der Waals surface area contributed by atoms with Crippen LogP contribution in [0.1, 0.15) is 18.9 Å². The molecule has 0 atom stereocenters. The molecule has 2 rings (SSSR count). The Hall–Kier alpha value is -1.07. The zero-order chi connectivity index (χ0) is 12.3. The molecule has 3 nitrogen and oxygen atoms in total. The average Bonchev–Trinajstić information content (AvgIpc) is 2.70. The van der Waals surface area contributed by atoms with Crippen molar-refractivity contribution in [1.29, 1.82) is 0 Å². The molecule has 0 saturated heterocycles. The number of aromatic nitrogens is 1. The second kappa shape index (κ2) is 5.51. The molecule has 1 N–H and O–H groups in total. The van der Waals surface area contributed by atoms with Crippen molar-refractivity contribution in [2.75, 3.05) is 5.75 Å². The SMILES string of the molecule is CCc1cccc2sc(SCCC(=O)O)nc12. The number of rotatable bonds is 5. The molecule has 5 heteroatoms. The van der Waals surface area contributed by atoms with Crippen LogP contribution in [0.4, 0.5) is 0 Å². The van der Waals surface area contributed by atoms with Gasteiger partial charge in [-0.25, -0.2) is 4.98 Å². The average molecular weight is 267 g/mol. The number of thiazole rings is 1. The molecule has 0 aliphatic heterocycles. The number of thioether (sulfide) groups is 1. The molecule has 0 aliphatic rings. The molecule has 2 aromatic rings. The van der Waals surface area contributed by atoms with Gasteiger partial charge in [0.15, 0.2) is 4.34 Å². The van der Waals surface area contributed by atoms with Gasteiger partial charge in [-0.3, -0.25) is 4.79 Å². The fourth-order valence-electron chi connectivity index (χ4n) is 1.56. The summed E-state index contributed by atoms with van der Waals surface area (Å²) in [6.45, 7) is 2.12. The molecule has 0 amide bonds. The summed E-state index contributed by atoms with van der Waals surface area (Å²) in [6.07, 6.45) is 1.15. The Kier molecular flexibility index (Phi) is 4.02. The smallest absolute Gasteiger partial charge is 0.304 e. The van der Waals surface area contributed by atoms with E-state index in [-0.39, 0.29) is 6.42 Å². The van der Waals surface area contributed by atoms with Crippen LogP contribution in [-0.4, -0.2) is 21.8 Å².